The molecule has 0 bridgehead atoms. The number of benzene rings is 1. The van der Waals surface area contributed by atoms with E-state index in [1.807, 2.05) is 0 Å². The molecule has 0 spiro atoms. The SMILES string of the molecule is Oc1cnc2c(O)cccc2c1.[Al]. The maximum absolute atomic E-state index is 9.32. The van der Waals surface area contributed by atoms with Crippen LogP contribution in [0.4, 0.5) is 0 Å². The van der Waals surface area contributed by atoms with Crippen molar-refractivity contribution in [3.8, 4) is 11.5 Å². The predicted octanol–water partition coefficient (Wildman–Crippen LogP) is 1.27. The van der Waals surface area contributed by atoms with Gasteiger partial charge >= 0.3 is 0 Å². The Balaban J connectivity index is 0.000000845. The van der Waals surface area contributed by atoms with Gasteiger partial charge in [0.1, 0.15) is 17.0 Å². The molecular formula is C9H7AlNO2. The topological polar surface area (TPSA) is 53.4 Å². The van der Waals surface area contributed by atoms with E-state index >= 15 is 0 Å². The van der Waals surface area contributed by atoms with Gasteiger partial charge in [-0.2, -0.15) is 0 Å². The van der Waals surface area contributed by atoms with E-state index < -0.39 is 0 Å². The van der Waals surface area contributed by atoms with Crippen molar-refractivity contribution < 1.29 is 10.2 Å². The molecule has 0 aliphatic carbocycles. The van der Waals surface area contributed by atoms with Crippen LogP contribution in [0.15, 0.2) is 30.5 Å². The standard InChI is InChI=1S/C9H7NO2.Al/c11-7-4-6-2-1-3-8(12)9(6)10-5-7;/h1-5,11-12H;. The van der Waals surface area contributed by atoms with Crippen LogP contribution in [0, 0.1) is 0 Å². The molecule has 0 aliphatic rings. The minimum atomic E-state index is 0. The highest BCUT2D eigenvalue weighted by Crippen LogP contribution is 2.24. The highest BCUT2D eigenvalue weighted by molar-refractivity contribution is 5.84. The van der Waals surface area contributed by atoms with Crippen LogP contribution in [0.5, 0.6) is 11.5 Å². The van der Waals surface area contributed by atoms with Gasteiger partial charge in [0, 0.05) is 22.7 Å². The number of fused-ring (bicyclic) bond motifs is 1. The Bertz CT molecular complexity index is 431. The molecule has 0 unspecified atom stereocenters. The van der Waals surface area contributed by atoms with Crippen molar-refractivity contribution in [1.82, 2.24) is 4.98 Å². The number of hydrogen-bond acceptors (Lipinski definition) is 3. The Morgan fingerprint density at radius 1 is 1.15 bits per heavy atom. The minimum Gasteiger partial charge on any atom is -0.506 e. The summed E-state index contributed by atoms with van der Waals surface area (Å²) in [6, 6.07) is 6.61. The van der Waals surface area contributed by atoms with Gasteiger partial charge in [-0.3, -0.25) is 0 Å². The van der Waals surface area contributed by atoms with Gasteiger partial charge in [-0.1, -0.05) is 12.1 Å². The zero-order valence-electron chi connectivity index (χ0n) is 6.81. The van der Waals surface area contributed by atoms with Crippen LogP contribution >= 0.6 is 0 Å². The molecule has 13 heavy (non-hydrogen) atoms. The van der Waals surface area contributed by atoms with Gasteiger partial charge in [0.15, 0.2) is 0 Å². The molecule has 2 rings (SSSR count). The number of pyridine rings is 1. The summed E-state index contributed by atoms with van der Waals surface area (Å²) in [5.41, 5.74) is 0.510. The van der Waals surface area contributed by atoms with E-state index in [0.29, 0.717) is 5.52 Å². The average molecular weight is 188 g/mol. The number of para-hydroxylation sites is 1. The molecule has 0 aliphatic heterocycles. The second-order valence-corrected chi connectivity index (χ2v) is 2.54. The third kappa shape index (κ3) is 1.74. The normalized spacial score (nSPS) is 9.54. The monoisotopic (exact) mass is 188 g/mol. The van der Waals surface area contributed by atoms with Crippen LogP contribution < -0.4 is 0 Å². The Labute approximate surface area is 85.8 Å². The first-order valence-electron chi connectivity index (χ1n) is 3.54. The molecule has 1 aromatic heterocycles. The van der Waals surface area contributed by atoms with Crippen molar-refractivity contribution in [3.05, 3.63) is 30.5 Å². The van der Waals surface area contributed by atoms with Gasteiger partial charge in [0.05, 0.1) is 6.20 Å². The summed E-state index contributed by atoms with van der Waals surface area (Å²) in [4.78, 5) is 3.88. The van der Waals surface area contributed by atoms with E-state index in [9.17, 15) is 5.11 Å². The molecular weight excluding hydrogens is 181 g/mol. The van der Waals surface area contributed by atoms with E-state index in [2.05, 4.69) is 4.98 Å². The number of nitrogens with zero attached hydrogens (tertiary/aromatic N) is 1. The fourth-order valence-corrected chi connectivity index (χ4v) is 1.13. The molecule has 0 amide bonds. The lowest BCUT2D eigenvalue weighted by Crippen LogP contribution is -1.78. The van der Waals surface area contributed by atoms with Crippen LogP contribution in [-0.2, 0) is 0 Å². The fourth-order valence-electron chi connectivity index (χ4n) is 1.13. The van der Waals surface area contributed by atoms with Crippen LogP contribution in [-0.4, -0.2) is 32.6 Å². The Hall–Kier alpha value is -1.24. The first kappa shape index (κ1) is 9.85. The molecule has 4 heteroatoms. The van der Waals surface area contributed by atoms with Crippen molar-refractivity contribution >= 4 is 28.3 Å². The molecule has 2 aromatic rings. The van der Waals surface area contributed by atoms with Gasteiger partial charge in [0.25, 0.3) is 0 Å². The fraction of sp³-hybridized carbons (Fsp3) is 0. The highest BCUT2D eigenvalue weighted by atomic mass is 27.0. The van der Waals surface area contributed by atoms with Gasteiger partial charge in [-0.25, -0.2) is 4.98 Å². The van der Waals surface area contributed by atoms with Crippen LogP contribution in [0.25, 0.3) is 10.9 Å². The third-order valence-electron chi connectivity index (χ3n) is 1.68. The van der Waals surface area contributed by atoms with Gasteiger partial charge in [0.2, 0.25) is 0 Å². The van der Waals surface area contributed by atoms with Crippen molar-refractivity contribution in [2.24, 2.45) is 0 Å². The molecule has 1 heterocycles. The average Bonchev–Trinajstić information content (AvgIpc) is 2.04. The maximum Gasteiger partial charge on any atom is 0.141 e. The summed E-state index contributed by atoms with van der Waals surface area (Å²) in [5, 5.41) is 19.1. The van der Waals surface area contributed by atoms with Crippen molar-refractivity contribution in [2.45, 2.75) is 0 Å². The van der Waals surface area contributed by atoms with Crippen molar-refractivity contribution in [1.29, 1.82) is 0 Å². The number of aromatic nitrogens is 1. The molecule has 63 valence electrons. The van der Waals surface area contributed by atoms with E-state index in [1.165, 1.54) is 6.20 Å². The summed E-state index contributed by atoms with van der Waals surface area (Å²) < 4.78 is 0. The van der Waals surface area contributed by atoms with E-state index in [4.69, 9.17) is 5.11 Å². The van der Waals surface area contributed by atoms with Crippen molar-refractivity contribution in [3.63, 3.8) is 0 Å². The van der Waals surface area contributed by atoms with Crippen LogP contribution in [0.1, 0.15) is 0 Å². The van der Waals surface area contributed by atoms with Gasteiger partial charge in [-0.05, 0) is 12.1 Å². The summed E-state index contributed by atoms with van der Waals surface area (Å²) in [6.45, 7) is 0. The molecule has 3 nitrogen and oxygen atoms in total. The molecule has 0 fully saturated rings. The van der Waals surface area contributed by atoms with E-state index in [-0.39, 0.29) is 28.9 Å². The predicted molar refractivity (Wildman–Crippen MR) is 50.8 cm³/mol. The van der Waals surface area contributed by atoms with Crippen molar-refractivity contribution in [2.75, 3.05) is 0 Å². The number of aromatic hydroxyl groups is 2. The summed E-state index contributed by atoms with van der Waals surface area (Å²) in [6.07, 6.45) is 1.31. The molecule has 1 aromatic carbocycles. The van der Waals surface area contributed by atoms with E-state index in [1.54, 1.807) is 24.3 Å². The summed E-state index contributed by atoms with van der Waals surface area (Å²) in [7, 11) is 0. The molecule has 0 saturated carbocycles. The molecule has 0 atom stereocenters. The Kier molecular flexibility index (Phi) is 2.77. The lowest BCUT2D eigenvalue weighted by atomic mass is 10.2. The zero-order chi connectivity index (χ0) is 8.55. The zero-order valence-corrected chi connectivity index (χ0v) is 7.96. The minimum absolute atomic E-state index is 0. The third-order valence-corrected chi connectivity index (χ3v) is 1.68. The first-order valence-corrected chi connectivity index (χ1v) is 3.54. The quantitative estimate of drug-likeness (QED) is 0.612. The second-order valence-electron chi connectivity index (χ2n) is 2.54. The molecule has 2 N–H and O–H groups in total. The largest absolute Gasteiger partial charge is 0.506 e. The second kappa shape index (κ2) is 3.65. The van der Waals surface area contributed by atoms with Gasteiger partial charge < -0.3 is 10.2 Å². The molecule has 3 radical (unpaired) electrons. The Morgan fingerprint density at radius 2 is 1.92 bits per heavy atom. The lowest BCUT2D eigenvalue weighted by Gasteiger charge is -1.98. The van der Waals surface area contributed by atoms with Crippen LogP contribution in [0.2, 0.25) is 0 Å². The Morgan fingerprint density at radius 3 is 2.69 bits per heavy atom. The smallest absolute Gasteiger partial charge is 0.141 e. The number of rotatable bonds is 0. The maximum atomic E-state index is 9.32. The van der Waals surface area contributed by atoms with Gasteiger partial charge in [-0.15, -0.1) is 0 Å². The lowest BCUT2D eigenvalue weighted by molar-refractivity contribution is 0.471. The number of phenolic OH excluding ortho intramolecular Hbond substituents is 1. The summed E-state index contributed by atoms with van der Waals surface area (Å²) >= 11 is 0. The first-order chi connectivity index (χ1) is 5.77. The molecule has 0 saturated heterocycles. The number of phenols is 1. The summed E-state index contributed by atoms with van der Waals surface area (Å²) in [5.74, 6) is 0.237. The number of hydrogen-bond donors (Lipinski definition) is 2. The van der Waals surface area contributed by atoms with E-state index in [0.717, 1.165) is 5.39 Å². The highest BCUT2D eigenvalue weighted by Gasteiger charge is 1.99. The van der Waals surface area contributed by atoms with Crippen LogP contribution in [0.3, 0.4) is 0 Å².